The summed E-state index contributed by atoms with van der Waals surface area (Å²) >= 11 is -0.0403. The standard InChI is InChI=1S/C21H29N7O.C15H22F3NS/c1-21(2,3)17-11-15-13-28(20(29)27-18(15)26-17)16-7-5-14(6-8-16)12-24-9-4-10-25-19(22)23;1-14(2,3)12-8-11(6-4-5-7-19)9-13(10-12)20-15(16,17)18/h5-8,11,13,24H,4,9-10,12H2,1-3H3,(H4,22,23,25)(H,26,27,29);8-10H,4-7,19H2,1-3H3. The number of nitrogens with zero attached hydrogens (tertiary/aromatic N) is 3. The van der Waals surface area contributed by atoms with Crippen LogP contribution in [0.2, 0.25) is 0 Å². The Morgan fingerprint density at radius 1 is 0.939 bits per heavy atom. The van der Waals surface area contributed by atoms with Gasteiger partial charge in [-0.1, -0.05) is 59.7 Å². The molecule has 0 unspecified atom stereocenters. The summed E-state index contributed by atoms with van der Waals surface area (Å²) in [6, 6.07) is 15.2. The zero-order valence-electron chi connectivity index (χ0n) is 29.4. The van der Waals surface area contributed by atoms with Crippen molar-refractivity contribution in [2.24, 2.45) is 22.2 Å². The number of rotatable bonds is 12. The van der Waals surface area contributed by atoms with Crippen molar-refractivity contribution in [1.29, 1.82) is 0 Å². The van der Waals surface area contributed by atoms with E-state index in [9.17, 15) is 18.0 Å². The van der Waals surface area contributed by atoms with E-state index in [1.807, 2.05) is 57.3 Å². The Hall–Kier alpha value is -3.81. The van der Waals surface area contributed by atoms with Gasteiger partial charge in [0.25, 0.3) is 0 Å². The second-order valence-corrected chi connectivity index (χ2v) is 15.2. The Labute approximate surface area is 291 Å². The van der Waals surface area contributed by atoms with Gasteiger partial charge < -0.3 is 27.5 Å². The number of hydrogen-bond donors (Lipinski definition) is 5. The molecular weight excluding hydrogens is 650 g/mol. The molecule has 13 heteroatoms. The van der Waals surface area contributed by atoms with Gasteiger partial charge in [-0.2, -0.15) is 18.2 Å². The minimum absolute atomic E-state index is 0.0352. The van der Waals surface area contributed by atoms with Crippen molar-refractivity contribution in [2.75, 3.05) is 19.6 Å². The van der Waals surface area contributed by atoms with E-state index in [1.54, 1.807) is 16.7 Å². The molecular formula is C36H51F3N8OS. The lowest BCUT2D eigenvalue weighted by Crippen LogP contribution is -2.23. The van der Waals surface area contributed by atoms with Crippen LogP contribution in [0.4, 0.5) is 13.2 Å². The van der Waals surface area contributed by atoms with Gasteiger partial charge in [-0.15, -0.1) is 0 Å². The van der Waals surface area contributed by atoms with Gasteiger partial charge in [0.15, 0.2) is 5.96 Å². The van der Waals surface area contributed by atoms with Gasteiger partial charge in [0.2, 0.25) is 0 Å². The minimum Gasteiger partial charge on any atom is -0.370 e. The smallest absolute Gasteiger partial charge is 0.370 e. The number of nitrogens with two attached hydrogens (primary N) is 3. The summed E-state index contributed by atoms with van der Waals surface area (Å²) in [6.07, 6.45) is 5.27. The maximum atomic E-state index is 12.6. The van der Waals surface area contributed by atoms with Gasteiger partial charge in [-0.05, 0) is 103 Å². The number of nitrogens with one attached hydrogen (secondary N) is 2. The van der Waals surface area contributed by atoms with E-state index in [1.165, 1.54) is 0 Å². The van der Waals surface area contributed by atoms with Gasteiger partial charge in [-0.25, -0.2) is 4.79 Å². The average molecular weight is 701 g/mol. The van der Waals surface area contributed by atoms with Gasteiger partial charge in [0.05, 0.1) is 5.69 Å². The Morgan fingerprint density at radius 2 is 1.63 bits per heavy atom. The largest absolute Gasteiger partial charge is 0.446 e. The fraction of sp³-hybridized carbons (Fsp3) is 0.472. The fourth-order valence-electron chi connectivity index (χ4n) is 4.91. The highest BCUT2D eigenvalue weighted by molar-refractivity contribution is 8.00. The topological polar surface area (TPSA) is 153 Å². The maximum absolute atomic E-state index is 12.6. The number of thioether (sulfide) groups is 1. The highest BCUT2D eigenvalue weighted by atomic mass is 32.2. The second kappa shape index (κ2) is 17.2. The maximum Gasteiger partial charge on any atom is 0.446 e. The molecule has 2 heterocycles. The Morgan fingerprint density at radius 3 is 2.22 bits per heavy atom. The zero-order valence-corrected chi connectivity index (χ0v) is 30.2. The number of aromatic nitrogens is 3. The first-order valence-electron chi connectivity index (χ1n) is 16.4. The number of benzene rings is 2. The van der Waals surface area contributed by atoms with E-state index < -0.39 is 5.51 Å². The molecule has 0 bridgehead atoms. The molecule has 4 rings (SSSR count). The number of halogens is 3. The van der Waals surface area contributed by atoms with Crippen LogP contribution in [0.3, 0.4) is 0 Å². The lowest BCUT2D eigenvalue weighted by Gasteiger charge is -2.21. The molecule has 0 fully saturated rings. The van der Waals surface area contributed by atoms with Crippen LogP contribution >= 0.6 is 11.8 Å². The molecule has 0 saturated heterocycles. The van der Waals surface area contributed by atoms with Crippen LogP contribution in [0.15, 0.2) is 69.4 Å². The number of H-pyrrole nitrogens is 1. The Balaban J connectivity index is 0.000000286. The Kier molecular flexibility index (Phi) is 13.9. The molecule has 0 atom stereocenters. The monoisotopic (exact) mass is 700 g/mol. The van der Waals surface area contributed by atoms with Crippen LogP contribution in [0.1, 0.15) is 83.2 Å². The third-order valence-electron chi connectivity index (χ3n) is 7.65. The van der Waals surface area contributed by atoms with E-state index in [0.717, 1.165) is 72.2 Å². The van der Waals surface area contributed by atoms with Gasteiger partial charge in [0.1, 0.15) is 5.65 Å². The summed E-state index contributed by atoms with van der Waals surface area (Å²) in [5, 5.41) is 4.27. The second-order valence-electron chi connectivity index (χ2n) is 14.0. The highest BCUT2D eigenvalue weighted by Gasteiger charge is 2.30. The van der Waals surface area contributed by atoms with Crippen molar-refractivity contribution in [3.05, 3.63) is 87.6 Å². The zero-order chi connectivity index (χ0) is 36.4. The lowest BCUT2D eigenvalue weighted by molar-refractivity contribution is -0.0328. The van der Waals surface area contributed by atoms with Crippen LogP contribution in [0.25, 0.3) is 16.7 Å². The number of aryl methyl sites for hydroxylation is 1. The SMILES string of the molecule is CC(C)(C)c1cc(CCCCN)cc(SC(F)(F)F)c1.CC(C)(C)c1cc2cn(-c3ccc(CNCCCN=C(N)N)cc3)c(=O)nc2[nH]1. The number of aliphatic imine (C=N–C) groups is 1. The quantitative estimate of drug-likeness (QED) is 0.0481. The molecule has 2 aromatic heterocycles. The van der Waals surface area contributed by atoms with Crippen molar-refractivity contribution in [1.82, 2.24) is 19.9 Å². The first-order valence-corrected chi connectivity index (χ1v) is 17.3. The van der Waals surface area contributed by atoms with E-state index in [2.05, 4.69) is 47.1 Å². The number of fused-ring (bicyclic) bond motifs is 1. The van der Waals surface area contributed by atoms with E-state index in [4.69, 9.17) is 17.2 Å². The van der Waals surface area contributed by atoms with Crippen molar-refractivity contribution in [3.63, 3.8) is 0 Å². The summed E-state index contributed by atoms with van der Waals surface area (Å²) in [4.78, 5) is 24.2. The number of hydrogen-bond acceptors (Lipinski definition) is 6. The molecule has 49 heavy (non-hydrogen) atoms. The molecule has 0 spiro atoms. The van der Waals surface area contributed by atoms with Gasteiger partial charge in [-0.3, -0.25) is 9.56 Å². The molecule has 4 aromatic rings. The van der Waals surface area contributed by atoms with Crippen LogP contribution in [0, 0.1) is 0 Å². The number of unbranched alkanes of at least 4 members (excludes halogenated alkanes) is 1. The molecule has 0 aliphatic rings. The highest BCUT2D eigenvalue weighted by Crippen LogP contribution is 2.39. The number of guanidine groups is 1. The molecule has 0 radical (unpaired) electrons. The molecule has 8 N–H and O–H groups in total. The van der Waals surface area contributed by atoms with Crippen LogP contribution in [-0.2, 0) is 23.8 Å². The molecule has 268 valence electrons. The third-order valence-corrected chi connectivity index (χ3v) is 8.35. The summed E-state index contributed by atoms with van der Waals surface area (Å²) in [5.74, 6) is 0.123. The van der Waals surface area contributed by atoms with E-state index in [-0.39, 0.29) is 39.1 Å². The third kappa shape index (κ3) is 13.2. The normalized spacial score (nSPS) is 12.1. The van der Waals surface area contributed by atoms with E-state index >= 15 is 0 Å². The van der Waals surface area contributed by atoms with Crippen molar-refractivity contribution in [3.8, 4) is 5.69 Å². The van der Waals surface area contributed by atoms with Crippen LogP contribution in [0.5, 0.6) is 0 Å². The van der Waals surface area contributed by atoms with Gasteiger partial charge >= 0.3 is 11.2 Å². The van der Waals surface area contributed by atoms with Crippen LogP contribution in [-0.4, -0.2) is 45.6 Å². The molecule has 9 nitrogen and oxygen atoms in total. The van der Waals surface area contributed by atoms with Crippen molar-refractivity contribution >= 4 is 28.8 Å². The van der Waals surface area contributed by atoms with Crippen molar-refractivity contribution < 1.29 is 13.2 Å². The predicted octanol–water partition coefficient (Wildman–Crippen LogP) is 6.64. The predicted molar refractivity (Wildman–Crippen MR) is 196 cm³/mol. The van der Waals surface area contributed by atoms with Crippen LogP contribution < -0.4 is 28.2 Å². The van der Waals surface area contributed by atoms with E-state index in [0.29, 0.717) is 18.7 Å². The fourth-order valence-corrected chi connectivity index (χ4v) is 5.57. The summed E-state index contributed by atoms with van der Waals surface area (Å²) in [6.45, 7) is 15.2. The number of aromatic amines is 1. The first kappa shape index (κ1) is 39.6. The average Bonchev–Trinajstić information content (AvgIpc) is 3.41. The summed E-state index contributed by atoms with van der Waals surface area (Å²) in [5.41, 5.74) is 16.8. The lowest BCUT2D eigenvalue weighted by atomic mass is 9.86. The van der Waals surface area contributed by atoms with Crippen molar-refractivity contribution in [2.45, 2.75) is 95.0 Å². The minimum atomic E-state index is -4.25. The summed E-state index contributed by atoms with van der Waals surface area (Å²) in [7, 11) is 0. The first-order chi connectivity index (χ1) is 22.9. The molecule has 2 aromatic carbocycles. The summed E-state index contributed by atoms with van der Waals surface area (Å²) < 4.78 is 39.2. The van der Waals surface area contributed by atoms with Gasteiger partial charge in [0, 0.05) is 40.7 Å². The number of alkyl halides is 3. The molecule has 0 aliphatic carbocycles. The molecule has 0 amide bonds. The Bertz CT molecular complexity index is 1730. The molecule has 0 aliphatic heterocycles. The molecule has 0 saturated carbocycles.